The summed E-state index contributed by atoms with van der Waals surface area (Å²) in [6.07, 6.45) is -0.0778. The van der Waals surface area contributed by atoms with Gasteiger partial charge in [0.2, 0.25) is 0 Å². The molecule has 3 aliphatic rings. The molecule has 4 heterocycles. The van der Waals surface area contributed by atoms with E-state index in [-0.39, 0.29) is 0 Å². The van der Waals surface area contributed by atoms with Gasteiger partial charge in [-0.2, -0.15) is 13.2 Å². The monoisotopic (exact) mass is 653 g/mol. The Morgan fingerprint density at radius 1 is 1.04 bits per heavy atom. The van der Waals surface area contributed by atoms with E-state index in [2.05, 4.69) is 16.7 Å². The normalized spacial score (nSPS) is 21.2. The van der Waals surface area contributed by atoms with Crippen molar-refractivity contribution in [3.05, 3.63) is 48.6 Å². The van der Waals surface area contributed by atoms with Crippen molar-refractivity contribution in [3.8, 4) is 11.3 Å². The van der Waals surface area contributed by atoms with E-state index >= 15 is 0 Å². The fraction of sp³-hybridized carbons (Fsp3) is 0.611. The maximum atomic E-state index is 14.5. The van der Waals surface area contributed by atoms with Crippen LogP contribution in [0.5, 0.6) is 0 Å². The number of ether oxygens (including phenoxy) is 1. The fourth-order valence-electron chi connectivity index (χ4n) is 6.92. The van der Waals surface area contributed by atoms with Crippen LogP contribution in [0.3, 0.4) is 0 Å². The van der Waals surface area contributed by atoms with E-state index in [0.717, 1.165) is 48.3 Å². The van der Waals surface area contributed by atoms with Gasteiger partial charge in [0.05, 0.1) is 40.6 Å². The molecule has 1 saturated carbocycles. The molecule has 0 amide bonds. The lowest BCUT2D eigenvalue weighted by atomic mass is 9.77. The van der Waals surface area contributed by atoms with E-state index in [0.29, 0.717) is 34.9 Å². The third-order valence-electron chi connectivity index (χ3n) is 10.4. The predicted octanol–water partition coefficient (Wildman–Crippen LogP) is 6.96. The number of methoxy groups -OCH3 is 1. The van der Waals surface area contributed by atoms with Gasteiger partial charge >= 0.3 is 13.3 Å². The molecule has 1 aliphatic carbocycles. The Balaban J connectivity index is 1.55. The van der Waals surface area contributed by atoms with Crippen LogP contribution in [0.25, 0.3) is 22.2 Å². The third-order valence-corrected chi connectivity index (χ3v) is 10.4. The van der Waals surface area contributed by atoms with Crippen molar-refractivity contribution in [1.29, 1.82) is 0 Å². The Morgan fingerprint density at radius 3 is 2.23 bits per heavy atom. The summed E-state index contributed by atoms with van der Waals surface area (Å²) in [5.74, 6) is 0. The lowest BCUT2D eigenvalue weighted by Gasteiger charge is -2.36. The number of benzene rings is 1. The molecule has 1 atom stereocenters. The quantitative estimate of drug-likeness (QED) is 0.233. The Bertz CT molecular complexity index is 1600. The number of hydrogen-bond acceptors (Lipinski definition) is 6. The first kappa shape index (κ1) is 34.3. The molecule has 6 rings (SSSR count). The number of nitrogens with zero attached hydrogens (tertiary/aromatic N) is 4. The van der Waals surface area contributed by atoms with Crippen LogP contribution in [0.2, 0.25) is 0 Å². The molecule has 47 heavy (non-hydrogen) atoms. The molecule has 2 saturated heterocycles. The van der Waals surface area contributed by atoms with Gasteiger partial charge in [-0.25, -0.2) is 0 Å². The summed E-state index contributed by atoms with van der Waals surface area (Å²) in [6, 6.07) is 8.28. The molecule has 3 fully saturated rings. The molecule has 3 aromatic rings. The smallest absolute Gasteiger partial charge is 0.399 e. The maximum absolute atomic E-state index is 14.5. The SMILES string of the molecule is [CH2]C(C)(C)Cc1c(-c2cc(N3CCN(C4CC4)CC3)cnc2[C@H](C)OC)n(CC(F)(F)F)c2ccc(B3OC(C)(C)C(C)(C)O3)cc12. The first-order valence-electron chi connectivity index (χ1n) is 16.8. The summed E-state index contributed by atoms with van der Waals surface area (Å²) in [6.45, 7) is 20.7. The van der Waals surface area contributed by atoms with E-state index < -0.39 is 42.6 Å². The lowest BCUT2D eigenvalue weighted by molar-refractivity contribution is -0.139. The molecule has 2 aromatic heterocycles. The van der Waals surface area contributed by atoms with Gasteiger partial charge in [-0.15, -0.1) is 0 Å². The molecule has 2 aliphatic heterocycles. The number of piperazine rings is 1. The molecule has 7 nitrogen and oxygen atoms in total. The summed E-state index contributed by atoms with van der Waals surface area (Å²) in [5, 5.41) is 0.729. The van der Waals surface area contributed by atoms with E-state index in [1.54, 1.807) is 13.2 Å². The minimum atomic E-state index is -4.46. The second-order valence-electron chi connectivity index (χ2n) is 15.5. The molecule has 1 aromatic carbocycles. The van der Waals surface area contributed by atoms with Gasteiger partial charge in [-0.05, 0) is 89.4 Å². The van der Waals surface area contributed by atoms with Gasteiger partial charge in [0, 0.05) is 55.8 Å². The van der Waals surface area contributed by atoms with Gasteiger partial charge in [0.15, 0.2) is 0 Å². The highest BCUT2D eigenvalue weighted by atomic mass is 19.4. The van der Waals surface area contributed by atoms with Crippen LogP contribution >= 0.6 is 0 Å². The Morgan fingerprint density at radius 2 is 1.68 bits per heavy atom. The van der Waals surface area contributed by atoms with Gasteiger partial charge in [0.1, 0.15) is 6.54 Å². The number of alkyl halides is 3. The Kier molecular flexibility index (Phi) is 8.80. The number of hydrogen-bond donors (Lipinski definition) is 0. The van der Waals surface area contributed by atoms with Crippen molar-refractivity contribution in [2.24, 2.45) is 5.41 Å². The third kappa shape index (κ3) is 6.96. The molecule has 0 unspecified atom stereocenters. The minimum Gasteiger partial charge on any atom is -0.399 e. The van der Waals surface area contributed by atoms with Crippen molar-refractivity contribution in [2.45, 2.75) is 104 Å². The minimum absolute atomic E-state index is 0.441. The largest absolute Gasteiger partial charge is 0.494 e. The zero-order chi connectivity index (χ0) is 34.1. The molecular weight excluding hydrogens is 604 g/mol. The Hall–Kier alpha value is -2.60. The van der Waals surface area contributed by atoms with E-state index in [4.69, 9.17) is 19.0 Å². The molecule has 1 radical (unpaired) electrons. The summed E-state index contributed by atoms with van der Waals surface area (Å²) in [7, 11) is 0.950. The van der Waals surface area contributed by atoms with Gasteiger partial charge in [-0.3, -0.25) is 9.88 Å². The Labute approximate surface area is 277 Å². The predicted molar refractivity (Wildman–Crippen MR) is 182 cm³/mol. The number of fused-ring (bicyclic) bond motifs is 1. The first-order valence-corrected chi connectivity index (χ1v) is 16.8. The number of aromatic nitrogens is 2. The average Bonchev–Trinajstić information content (AvgIpc) is 3.76. The van der Waals surface area contributed by atoms with Crippen molar-refractivity contribution in [3.63, 3.8) is 0 Å². The van der Waals surface area contributed by atoms with E-state index in [1.165, 1.54) is 17.4 Å². The molecule has 0 spiro atoms. The zero-order valence-electron chi connectivity index (χ0n) is 29.1. The number of anilines is 1. The summed E-state index contributed by atoms with van der Waals surface area (Å²) in [4.78, 5) is 9.74. The van der Waals surface area contributed by atoms with Crippen LogP contribution in [0, 0.1) is 12.3 Å². The summed E-state index contributed by atoms with van der Waals surface area (Å²) < 4.78 is 63.3. The first-order chi connectivity index (χ1) is 21.9. The second-order valence-corrected chi connectivity index (χ2v) is 15.5. The molecule has 0 N–H and O–H groups in total. The number of rotatable bonds is 9. The van der Waals surface area contributed by atoms with Crippen LogP contribution in [-0.4, -0.2) is 78.3 Å². The number of halogens is 3. The van der Waals surface area contributed by atoms with Gasteiger partial charge in [-0.1, -0.05) is 26.0 Å². The van der Waals surface area contributed by atoms with Crippen molar-refractivity contribution in [1.82, 2.24) is 14.5 Å². The van der Waals surface area contributed by atoms with E-state index in [1.807, 2.05) is 72.9 Å². The maximum Gasteiger partial charge on any atom is 0.494 e. The molecular formula is C36H49BF3N4O3. The lowest BCUT2D eigenvalue weighted by Crippen LogP contribution is -2.47. The van der Waals surface area contributed by atoms with Gasteiger partial charge < -0.3 is 23.5 Å². The number of pyridine rings is 1. The van der Waals surface area contributed by atoms with Crippen LogP contribution < -0.4 is 10.4 Å². The second kappa shape index (κ2) is 12.1. The molecule has 0 bridgehead atoms. The highest BCUT2D eigenvalue weighted by Gasteiger charge is 2.52. The standard InChI is InChI=1S/C36H49BF3N4O3/c1-23(45-9)31-28(19-26(21-41-31)43-16-14-42(15-17-43)25-11-12-25)32-29(20-33(2,3)4)27-18-24(37-46-34(5,6)35(7,8)47-37)10-13-30(27)44(32)22-36(38,39)40/h10,13,18-19,21,23,25H,2,11-12,14-17,20,22H2,1,3-9H3/t23-/m0/s1. The topological polar surface area (TPSA) is 52.0 Å². The van der Waals surface area contributed by atoms with Crippen LogP contribution in [0.1, 0.15) is 78.7 Å². The summed E-state index contributed by atoms with van der Waals surface area (Å²) in [5.41, 5.74) is 3.14. The average molecular weight is 654 g/mol. The van der Waals surface area contributed by atoms with Crippen molar-refractivity contribution in [2.75, 3.05) is 38.2 Å². The highest BCUT2D eigenvalue weighted by Crippen LogP contribution is 2.43. The zero-order valence-corrected chi connectivity index (χ0v) is 29.1. The summed E-state index contributed by atoms with van der Waals surface area (Å²) >= 11 is 0. The molecule has 11 heteroatoms. The van der Waals surface area contributed by atoms with Crippen LogP contribution in [0.15, 0.2) is 30.5 Å². The molecule has 255 valence electrons. The van der Waals surface area contributed by atoms with E-state index in [9.17, 15) is 13.2 Å². The van der Waals surface area contributed by atoms with Crippen LogP contribution in [0.4, 0.5) is 18.9 Å². The highest BCUT2D eigenvalue weighted by molar-refractivity contribution is 6.62. The fourth-order valence-corrected chi connectivity index (χ4v) is 6.92. The van der Waals surface area contributed by atoms with Gasteiger partial charge in [0.25, 0.3) is 0 Å². The van der Waals surface area contributed by atoms with Crippen LogP contribution in [-0.2, 0) is 27.0 Å². The van der Waals surface area contributed by atoms with Crippen molar-refractivity contribution < 1.29 is 27.2 Å². The van der Waals surface area contributed by atoms with Crippen molar-refractivity contribution >= 4 is 29.2 Å².